The lowest BCUT2D eigenvalue weighted by atomic mass is 10.0. The van der Waals surface area contributed by atoms with Gasteiger partial charge in [0.15, 0.2) is 0 Å². The van der Waals surface area contributed by atoms with E-state index in [9.17, 15) is 19.2 Å². The molecule has 0 bridgehead atoms. The molecule has 4 N–H and O–H groups in total. The maximum absolute atomic E-state index is 13.4. The van der Waals surface area contributed by atoms with Gasteiger partial charge in [-0.3, -0.25) is 14.5 Å². The molecule has 220 valence electrons. The third-order valence-electron chi connectivity index (χ3n) is 5.59. The summed E-state index contributed by atoms with van der Waals surface area (Å²) >= 11 is 1.33. The number of carbonyl (C=O) groups excluding carboxylic acids is 4. The molecule has 1 aromatic heterocycles. The van der Waals surface area contributed by atoms with Gasteiger partial charge in [0, 0.05) is 22.7 Å². The van der Waals surface area contributed by atoms with Crippen molar-refractivity contribution in [2.75, 3.05) is 0 Å². The number of amides is 3. The Hall–Kier alpha value is -3.40. The van der Waals surface area contributed by atoms with Crippen molar-refractivity contribution < 1.29 is 28.7 Å². The highest BCUT2D eigenvalue weighted by molar-refractivity contribution is 7.12. The molecule has 1 aromatic carbocycles. The van der Waals surface area contributed by atoms with E-state index in [2.05, 4.69) is 0 Å². The van der Waals surface area contributed by atoms with Crippen LogP contribution in [0.1, 0.15) is 93.0 Å². The highest BCUT2D eigenvalue weighted by atomic mass is 32.1. The number of carbonyl (C=O) groups is 4. The lowest BCUT2D eigenvalue weighted by molar-refractivity contribution is -0.162. The topological polar surface area (TPSA) is 142 Å². The van der Waals surface area contributed by atoms with Crippen molar-refractivity contribution in [3.63, 3.8) is 0 Å². The average Bonchev–Trinajstić information content (AvgIpc) is 3.16. The van der Waals surface area contributed by atoms with Crippen molar-refractivity contribution in [2.45, 2.75) is 98.4 Å². The molecule has 0 spiro atoms. The lowest BCUT2D eigenvalue weighted by Crippen LogP contribution is -2.49. The zero-order chi connectivity index (χ0) is 30.4. The smallest absolute Gasteiger partial charge is 0.411 e. The van der Waals surface area contributed by atoms with Crippen LogP contribution in [0.2, 0.25) is 0 Å². The van der Waals surface area contributed by atoms with E-state index >= 15 is 0 Å². The third kappa shape index (κ3) is 10.6. The number of primary amides is 2. The molecule has 0 aliphatic carbocycles. The largest absolute Gasteiger partial charge is 0.458 e. The van der Waals surface area contributed by atoms with Gasteiger partial charge in [-0.25, -0.2) is 9.59 Å². The minimum Gasteiger partial charge on any atom is -0.458 e. The Kier molecular flexibility index (Phi) is 10.9. The van der Waals surface area contributed by atoms with Gasteiger partial charge in [-0.05, 0) is 71.1 Å². The van der Waals surface area contributed by atoms with Crippen LogP contribution in [0, 0.1) is 5.92 Å². The summed E-state index contributed by atoms with van der Waals surface area (Å²) in [4.78, 5) is 52.7. The summed E-state index contributed by atoms with van der Waals surface area (Å²) in [5.41, 5.74) is 11.4. The van der Waals surface area contributed by atoms with Crippen molar-refractivity contribution in [1.82, 2.24) is 4.90 Å². The minimum absolute atomic E-state index is 0.0441. The van der Waals surface area contributed by atoms with Gasteiger partial charge in [-0.1, -0.05) is 38.1 Å². The Morgan fingerprint density at radius 2 is 1.45 bits per heavy atom. The van der Waals surface area contributed by atoms with Gasteiger partial charge >= 0.3 is 12.1 Å². The van der Waals surface area contributed by atoms with E-state index in [1.165, 1.54) is 16.2 Å². The molecule has 1 heterocycles. The molecule has 2 rings (SSSR count). The van der Waals surface area contributed by atoms with Crippen LogP contribution < -0.4 is 11.5 Å². The summed E-state index contributed by atoms with van der Waals surface area (Å²) in [6.07, 6.45) is 0.304. The number of esters is 1. The molecule has 0 fully saturated rings. The van der Waals surface area contributed by atoms with Crippen LogP contribution in [0.25, 0.3) is 0 Å². The Balaban J connectivity index is 2.33. The maximum Gasteiger partial charge on any atom is 0.411 e. The molecular formula is C30H43N3O6S. The first-order valence-electron chi connectivity index (χ1n) is 13.3. The second kappa shape index (κ2) is 13.3. The molecule has 10 heteroatoms. The minimum atomic E-state index is -0.823. The fraction of sp³-hybridized carbons (Fsp3) is 0.533. The molecule has 0 aliphatic heterocycles. The predicted molar refractivity (Wildman–Crippen MR) is 156 cm³/mol. The van der Waals surface area contributed by atoms with Gasteiger partial charge in [-0.2, -0.15) is 0 Å². The van der Waals surface area contributed by atoms with E-state index in [1.807, 2.05) is 38.1 Å². The number of nitrogens with zero attached hydrogens (tertiary/aromatic N) is 1. The van der Waals surface area contributed by atoms with Crippen LogP contribution in [0.15, 0.2) is 30.3 Å². The van der Waals surface area contributed by atoms with Gasteiger partial charge in [0.25, 0.3) is 0 Å². The van der Waals surface area contributed by atoms with Crippen LogP contribution in [0.5, 0.6) is 0 Å². The molecule has 0 aliphatic rings. The number of nitrogens with two attached hydrogens (primary N) is 2. The van der Waals surface area contributed by atoms with Crippen LogP contribution >= 0.6 is 11.3 Å². The van der Waals surface area contributed by atoms with Crippen LogP contribution in [-0.2, 0) is 38.4 Å². The number of ether oxygens (including phenoxy) is 2. The second-order valence-electron chi connectivity index (χ2n) is 12.3. The highest BCUT2D eigenvalue weighted by Gasteiger charge is 2.36. The van der Waals surface area contributed by atoms with Gasteiger partial charge in [0.2, 0.25) is 11.8 Å². The van der Waals surface area contributed by atoms with E-state index in [-0.39, 0.29) is 18.9 Å². The van der Waals surface area contributed by atoms with E-state index in [0.717, 1.165) is 16.0 Å². The standard InChI is InChI=1S/C30H43N3O6S/c1-18(2)13-23(27(36)38-29(3,4)5)33(28(37)39-30(6,7)8)17-20-11-9-19(10-12-20)14-21-15-22(26(32)35)24(40-21)16-25(31)34/h9-12,15,18,23H,13-14,16-17H2,1-8H3,(H2,31,34)(H2,32,35)/t23-/m0/s1. The molecule has 2 aromatic rings. The normalized spacial score (nSPS) is 12.6. The summed E-state index contributed by atoms with van der Waals surface area (Å²) in [6, 6.07) is 8.50. The second-order valence-corrected chi connectivity index (χ2v) is 13.6. The van der Waals surface area contributed by atoms with E-state index in [1.54, 1.807) is 47.6 Å². The SMILES string of the molecule is CC(C)C[C@@H](C(=O)OC(C)(C)C)N(Cc1ccc(Cc2cc(C(N)=O)c(CC(N)=O)s2)cc1)C(=O)OC(C)(C)C. The van der Waals surface area contributed by atoms with Crippen LogP contribution in [0.3, 0.4) is 0 Å². The number of rotatable bonds is 11. The molecular weight excluding hydrogens is 530 g/mol. The van der Waals surface area contributed by atoms with Gasteiger partial charge in [-0.15, -0.1) is 11.3 Å². The van der Waals surface area contributed by atoms with Gasteiger partial charge in [0.05, 0.1) is 12.0 Å². The summed E-state index contributed by atoms with van der Waals surface area (Å²) < 4.78 is 11.4. The summed E-state index contributed by atoms with van der Waals surface area (Å²) in [7, 11) is 0. The predicted octanol–water partition coefficient (Wildman–Crippen LogP) is 4.96. The highest BCUT2D eigenvalue weighted by Crippen LogP contribution is 2.27. The monoisotopic (exact) mass is 573 g/mol. The van der Waals surface area contributed by atoms with Crippen molar-refractivity contribution in [3.8, 4) is 0 Å². The van der Waals surface area contributed by atoms with Crippen molar-refractivity contribution in [1.29, 1.82) is 0 Å². The number of hydrogen-bond acceptors (Lipinski definition) is 7. The first-order chi connectivity index (χ1) is 18.3. The zero-order valence-electron chi connectivity index (χ0n) is 24.8. The third-order valence-corrected chi connectivity index (χ3v) is 6.73. The lowest BCUT2D eigenvalue weighted by Gasteiger charge is -2.34. The van der Waals surface area contributed by atoms with E-state index in [4.69, 9.17) is 20.9 Å². The van der Waals surface area contributed by atoms with Crippen molar-refractivity contribution in [2.24, 2.45) is 17.4 Å². The van der Waals surface area contributed by atoms with Crippen LogP contribution in [0.4, 0.5) is 4.79 Å². The van der Waals surface area contributed by atoms with E-state index in [0.29, 0.717) is 23.3 Å². The van der Waals surface area contributed by atoms with Gasteiger partial charge in [0.1, 0.15) is 17.2 Å². The molecule has 0 saturated heterocycles. The molecule has 0 unspecified atom stereocenters. The maximum atomic E-state index is 13.4. The fourth-order valence-electron chi connectivity index (χ4n) is 4.02. The molecule has 9 nitrogen and oxygen atoms in total. The Morgan fingerprint density at radius 1 is 0.900 bits per heavy atom. The molecule has 40 heavy (non-hydrogen) atoms. The zero-order valence-corrected chi connectivity index (χ0v) is 25.6. The number of hydrogen-bond donors (Lipinski definition) is 2. The Labute approximate surface area is 241 Å². The van der Waals surface area contributed by atoms with E-state index < -0.39 is 41.1 Å². The Bertz CT molecular complexity index is 1210. The molecule has 0 saturated carbocycles. The summed E-state index contributed by atoms with van der Waals surface area (Å²) in [5, 5.41) is 0. The quantitative estimate of drug-likeness (QED) is 0.364. The van der Waals surface area contributed by atoms with Gasteiger partial charge < -0.3 is 20.9 Å². The number of thiophene rings is 1. The molecule has 1 atom stereocenters. The Morgan fingerprint density at radius 3 is 1.93 bits per heavy atom. The first-order valence-corrected chi connectivity index (χ1v) is 14.2. The first kappa shape index (κ1) is 32.8. The fourth-order valence-corrected chi connectivity index (χ4v) is 5.24. The van der Waals surface area contributed by atoms with Crippen molar-refractivity contribution >= 4 is 35.2 Å². The molecule has 0 radical (unpaired) electrons. The average molecular weight is 574 g/mol. The molecule has 3 amide bonds. The summed E-state index contributed by atoms with van der Waals surface area (Å²) in [6.45, 7) is 14.9. The number of benzene rings is 1. The van der Waals surface area contributed by atoms with Crippen molar-refractivity contribution in [3.05, 3.63) is 56.8 Å². The van der Waals surface area contributed by atoms with Crippen LogP contribution in [-0.4, -0.2) is 46.0 Å². The summed E-state index contributed by atoms with van der Waals surface area (Å²) in [5.74, 6) is -1.48.